The van der Waals surface area contributed by atoms with Crippen molar-refractivity contribution in [1.82, 2.24) is 0 Å². The van der Waals surface area contributed by atoms with Crippen LogP contribution in [0.15, 0.2) is 12.2 Å². The molecule has 17 heavy (non-hydrogen) atoms. The van der Waals surface area contributed by atoms with E-state index in [0.29, 0.717) is 19.4 Å². The van der Waals surface area contributed by atoms with Gasteiger partial charge in [0.25, 0.3) is 0 Å². The molecule has 0 atom stereocenters. The van der Waals surface area contributed by atoms with Gasteiger partial charge in [0.2, 0.25) is 0 Å². The Kier molecular flexibility index (Phi) is 10.3. The van der Waals surface area contributed by atoms with Crippen molar-refractivity contribution in [2.24, 2.45) is 0 Å². The summed E-state index contributed by atoms with van der Waals surface area (Å²) in [7, 11) is 0. The molecule has 98 valence electrons. The van der Waals surface area contributed by atoms with Crippen LogP contribution < -0.4 is 0 Å². The van der Waals surface area contributed by atoms with Crippen LogP contribution >= 0.6 is 0 Å². The van der Waals surface area contributed by atoms with Crippen LogP contribution in [0.1, 0.15) is 51.9 Å². The van der Waals surface area contributed by atoms with E-state index in [1.807, 2.05) is 12.2 Å². The van der Waals surface area contributed by atoms with E-state index in [0.717, 1.165) is 25.7 Å². The fourth-order valence-corrected chi connectivity index (χ4v) is 1.39. The number of carbonyl (C=O) groups is 2. The van der Waals surface area contributed by atoms with E-state index in [4.69, 9.17) is 9.84 Å². The zero-order chi connectivity index (χ0) is 12.9. The fraction of sp³-hybridized carbons (Fsp3) is 0.692. The fourth-order valence-electron chi connectivity index (χ4n) is 1.39. The van der Waals surface area contributed by atoms with Crippen LogP contribution in [0.3, 0.4) is 0 Å². The highest BCUT2D eigenvalue weighted by Crippen LogP contribution is 2.04. The summed E-state index contributed by atoms with van der Waals surface area (Å²) in [6.07, 6.45) is 9.06. The number of allylic oxidation sites excluding steroid dienone is 2. The molecule has 1 N–H and O–H groups in total. The highest BCUT2D eigenvalue weighted by molar-refractivity contribution is 5.69. The number of rotatable bonds is 10. The molecular weight excluding hydrogens is 220 g/mol. The molecule has 4 heteroatoms. The SMILES string of the molecule is CCOC(=O)CCC=CCCCCCC(=O)O. The monoisotopic (exact) mass is 242 g/mol. The van der Waals surface area contributed by atoms with Crippen molar-refractivity contribution in [2.75, 3.05) is 6.61 Å². The normalized spacial score (nSPS) is 10.6. The molecular formula is C13H22O4. The number of carbonyl (C=O) groups excluding carboxylic acids is 1. The van der Waals surface area contributed by atoms with Gasteiger partial charge >= 0.3 is 11.9 Å². The first-order valence-corrected chi connectivity index (χ1v) is 6.19. The number of esters is 1. The molecule has 0 unspecified atom stereocenters. The number of carboxylic acids is 1. The molecule has 0 bridgehead atoms. The summed E-state index contributed by atoms with van der Waals surface area (Å²) in [6.45, 7) is 2.23. The Morgan fingerprint density at radius 2 is 1.76 bits per heavy atom. The summed E-state index contributed by atoms with van der Waals surface area (Å²) >= 11 is 0. The predicted octanol–water partition coefficient (Wildman–Crippen LogP) is 2.92. The maximum absolute atomic E-state index is 11.0. The zero-order valence-corrected chi connectivity index (χ0v) is 10.5. The van der Waals surface area contributed by atoms with Crippen molar-refractivity contribution < 1.29 is 19.4 Å². The Morgan fingerprint density at radius 3 is 2.41 bits per heavy atom. The average molecular weight is 242 g/mol. The molecule has 0 saturated carbocycles. The maximum atomic E-state index is 11.0. The lowest BCUT2D eigenvalue weighted by atomic mass is 10.1. The molecule has 0 amide bonds. The van der Waals surface area contributed by atoms with E-state index >= 15 is 0 Å². The Hall–Kier alpha value is -1.32. The average Bonchev–Trinajstić information content (AvgIpc) is 2.27. The van der Waals surface area contributed by atoms with Gasteiger partial charge in [0, 0.05) is 12.8 Å². The first kappa shape index (κ1) is 15.7. The van der Waals surface area contributed by atoms with Gasteiger partial charge in [0.05, 0.1) is 6.61 Å². The lowest BCUT2D eigenvalue weighted by molar-refractivity contribution is -0.143. The van der Waals surface area contributed by atoms with Crippen molar-refractivity contribution in [3.05, 3.63) is 12.2 Å². The molecule has 0 aliphatic heterocycles. The van der Waals surface area contributed by atoms with Gasteiger partial charge in [-0.15, -0.1) is 0 Å². The Balaban J connectivity index is 3.25. The first-order chi connectivity index (χ1) is 8.16. The molecule has 0 radical (unpaired) electrons. The van der Waals surface area contributed by atoms with Gasteiger partial charge in [-0.1, -0.05) is 18.6 Å². The number of aliphatic carboxylic acids is 1. The summed E-state index contributed by atoms with van der Waals surface area (Å²) in [5.74, 6) is -0.881. The minimum absolute atomic E-state index is 0.154. The topological polar surface area (TPSA) is 63.6 Å². The molecule has 0 aliphatic rings. The molecule has 0 heterocycles. The maximum Gasteiger partial charge on any atom is 0.306 e. The minimum atomic E-state index is -0.727. The van der Waals surface area contributed by atoms with E-state index in [2.05, 4.69) is 0 Å². The summed E-state index contributed by atoms with van der Waals surface area (Å²) < 4.78 is 4.80. The molecule has 0 spiro atoms. The summed E-state index contributed by atoms with van der Waals surface area (Å²) in [5, 5.41) is 8.42. The Morgan fingerprint density at radius 1 is 1.06 bits per heavy atom. The number of carboxylic acid groups (broad SMARTS) is 1. The predicted molar refractivity (Wildman–Crippen MR) is 65.7 cm³/mol. The largest absolute Gasteiger partial charge is 0.481 e. The molecule has 0 saturated heterocycles. The number of hydrogen-bond acceptors (Lipinski definition) is 3. The van der Waals surface area contributed by atoms with Crippen molar-refractivity contribution in [2.45, 2.75) is 51.9 Å². The van der Waals surface area contributed by atoms with Gasteiger partial charge in [0.15, 0.2) is 0 Å². The van der Waals surface area contributed by atoms with Crippen LogP contribution in [0.25, 0.3) is 0 Å². The van der Waals surface area contributed by atoms with Crippen molar-refractivity contribution >= 4 is 11.9 Å². The third kappa shape index (κ3) is 12.6. The van der Waals surface area contributed by atoms with Crippen LogP contribution in [0.5, 0.6) is 0 Å². The van der Waals surface area contributed by atoms with Crippen LogP contribution in [-0.4, -0.2) is 23.7 Å². The van der Waals surface area contributed by atoms with E-state index in [1.54, 1.807) is 6.92 Å². The molecule has 0 aromatic carbocycles. The van der Waals surface area contributed by atoms with E-state index < -0.39 is 5.97 Å². The summed E-state index contributed by atoms with van der Waals surface area (Å²) in [5.41, 5.74) is 0. The Labute approximate surface area is 103 Å². The molecule has 0 aliphatic carbocycles. The molecule has 4 nitrogen and oxygen atoms in total. The summed E-state index contributed by atoms with van der Waals surface area (Å²) in [4.78, 5) is 21.2. The van der Waals surface area contributed by atoms with Crippen molar-refractivity contribution in [3.63, 3.8) is 0 Å². The number of hydrogen-bond donors (Lipinski definition) is 1. The second kappa shape index (κ2) is 11.2. The highest BCUT2D eigenvalue weighted by atomic mass is 16.5. The number of ether oxygens (including phenoxy) is 1. The quantitative estimate of drug-likeness (QED) is 0.363. The zero-order valence-electron chi connectivity index (χ0n) is 10.5. The van der Waals surface area contributed by atoms with Crippen LogP contribution in [0.2, 0.25) is 0 Å². The van der Waals surface area contributed by atoms with Gasteiger partial charge < -0.3 is 9.84 Å². The van der Waals surface area contributed by atoms with E-state index in [9.17, 15) is 9.59 Å². The van der Waals surface area contributed by atoms with Gasteiger partial charge in [-0.25, -0.2) is 0 Å². The number of unbranched alkanes of at least 4 members (excludes halogenated alkanes) is 3. The third-order valence-electron chi connectivity index (χ3n) is 2.25. The summed E-state index contributed by atoms with van der Waals surface area (Å²) in [6, 6.07) is 0. The lowest BCUT2D eigenvalue weighted by Crippen LogP contribution is -2.02. The van der Waals surface area contributed by atoms with Crippen LogP contribution in [0, 0.1) is 0 Å². The second-order valence-corrected chi connectivity index (χ2v) is 3.81. The Bertz CT molecular complexity index is 246. The standard InChI is InChI=1S/C13H22O4/c1-2-17-13(16)11-9-7-5-3-4-6-8-10-12(14)15/h5,7H,2-4,6,8-11H2,1H3,(H,14,15). The smallest absolute Gasteiger partial charge is 0.306 e. The van der Waals surface area contributed by atoms with Gasteiger partial charge in [-0.2, -0.15) is 0 Å². The third-order valence-corrected chi connectivity index (χ3v) is 2.25. The van der Waals surface area contributed by atoms with Crippen LogP contribution in [-0.2, 0) is 14.3 Å². The van der Waals surface area contributed by atoms with Gasteiger partial charge in [0.1, 0.15) is 0 Å². The van der Waals surface area contributed by atoms with Crippen LogP contribution in [0.4, 0.5) is 0 Å². The van der Waals surface area contributed by atoms with Crippen molar-refractivity contribution in [3.8, 4) is 0 Å². The highest BCUT2D eigenvalue weighted by Gasteiger charge is 1.98. The molecule has 0 fully saturated rings. The molecule has 0 aromatic heterocycles. The minimum Gasteiger partial charge on any atom is -0.481 e. The van der Waals surface area contributed by atoms with E-state index in [1.165, 1.54) is 0 Å². The van der Waals surface area contributed by atoms with Gasteiger partial charge in [-0.05, 0) is 32.6 Å². The van der Waals surface area contributed by atoms with E-state index in [-0.39, 0.29) is 12.4 Å². The van der Waals surface area contributed by atoms with Crippen molar-refractivity contribution in [1.29, 1.82) is 0 Å². The lowest BCUT2D eigenvalue weighted by Gasteiger charge is -1.98. The first-order valence-electron chi connectivity index (χ1n) is 6.19. The second-order valence-electron chi connectivity index (χ2n) is 3.81. The van der Waals surface area contributed by atoms with Gasteiger partial charge in [-0.3, -0.25) is 9.59 Å². The molecule has 0 aromatic rings. The molecule has 0 rings (SSSR count).